The Hall–Kier alpha value is -4.63. The molecule has 0 aliphatic carbocycles. The molecule has 4 atom stereocenters. The van der Waals surface area contributed by atoms with E-state index < -0.39 is 71.5 Å². The highest BCUT2D eigenvalue weighted by Crippen LogP contribution is 2.16. The molecule has 6 amide bonds. The van der Waals surface area contributed by atoms with E-state index in [-0.39, 0.29) is 61.6 Å². The highest BCUT2D eigenvalue weighted by molar-refractivity contribution is 7.83. The molecule has 1 saturated heterocycles. The summed E-state index contributed by atoms with van der Waals surface area (Å²) in [4.78, 5) is 78.1. The number of rotatable bonds is 25. The van der Waals surface area contributed by atoms with Crippen LogP contribution in [0.1, 0.15) is 47.5 Å². The topological polar surface area (TPSA) is 270 Å². The van der Waals surface area contributed by atoms with Crippen molar-refractivity contribution in [3.63, 3.8) is 0 Å². The average Bonchev–Trinajstić information content (AvgIpc) is 3.13. The Morgan fingerprint density at radius 1 is 0.945 bits per heavy atom. The number of ketones is 1. The molecule has 0 radical (unpaired) electrons. The lowest BCUT2D eigenvalue weighted by Gasteiger charge is -2.28. The minimum atomic E-state index is -2.18. The smallest absolute Gasteiger partial charge is 0.319 e. The van der Waals surface area contributed by atoms with Crippen molar-refractivity contribution in [3.05, 3.63) is 48.2 Å². The fourth-order valence-corrected chi connectivity index (χ4v) is 5.44. The lowest BCUT2D eigenvalue weighted by atomic mass is 9.90. The first kappa shape index (κ1) is 48.4. The molecule has 0 bridgehead atoms. The highest BCUT2D eigenvalue weighted by Gasteiger charge is 2.38. The summed E-state index contributed by atoms with van der Waals surface area (Å²) in [6.07, 6.45) is 4.34. The van der Waals surface area contributed by atoms with Crippen molar-refractivity contribution < 1.29 is 47.0 Å². The molecule has 1 fully saturated rings. The van der Waals surface area contributed by atoms with Gasteiger partial charge in [0, 0.05) is 24.2 Å². The lowest BCUT2D eigenvalue weighted by molar-refractivity contribution is -0.142. The summed E-state index contributed by atoms with van der Waals surface area (Å²) in [5, 5.41) is 30.2. The van der Waals surface area contributed by atoms with Crippen molar-refractivity contribution in [3.8, 4) is 0 Å². The predicted molar refractivity (Wildman–Crippen MR) is 204 cm³/mol. The molecule has 0 saturated carbocycles. The van der Waals surface area contributed by atoms with Gasteiger partial charge in [0.15, 0.2) is 16.9 Å². The number of amides is 6. The molecule has 1 rings (SSSR count). The summed E-state index contributed by atoms with van der Waals surface area (Å²) < 4.78 is 22.9. The Kier molecular flexibility index (Phi) is 22.4. The van der Waals surface area contributed by atoms with Gasteiger partial charge in [-0.3, -0.25) is 33.1 Å². The van der Waals surface area contributed by atoms with E-state index in [9.17, 15) is 38.1 Å². The number of Topliss-reactive ketones (excluding diaryl/α,β-unsaturated/α-hetero) is 1. The quantitative estimate of drug-likeness (QED) is 0.0452. The standard InChI is InChI=1S/C35H57N9O10S/c1-8-26(40-34(50)39-18-25(6)43-36)10-9-15-55(52)54-22-35(7,51)32(48)27(16-23(2)3)41-30(46)20-38-33(49)28(17-24(4)5)42-29(45)19-37-31(47)21-44-11-13-53-14-12-44/h8-10,15,23-24,27-28,36,51H,1,6,11-14,16-22H2,2-5,7H3,(H,37,47)(H,38,49)(H,41,46)(H,42,45)(H2,39,40,50)/b15-9+,26-10+,43-36?/t27-,28-,35?,55?/m0/s1. The fourth-order valence-electron chi connectivity index (χ4n) is 4.81. The van der Waals surface area contributed by atoms with Gasteiger partial charge in [-0.1, -0.05) is 40.9 Å². The number of aliphatic hydroxyl groups is 1. The maximum atomic E-state index is 13.4. The van der Waals surface area contributed by atoms with Gasteiger partial charge >= 0.3 is 6.03 Å². The zero-order valence-electron chi connectivity index (χ0n) is 32.2. The molecule has 8 N–H and O–H groups in total. The summed E-state index contributed by atoms with van der Waals surface area (Å²) in [5.41, 5.74) is 5.02. The van der Waals surface area contributed by atoms with E-state index in [1.54, 1.807) is 13.8 Å². The molecule has 0 aromatic heterocycles. The van der Waals surface area contributed by atoms with E-state index in [1.807, 2.05) is 18.7 Å². The molecule has 308 valence electrons. The second kappa shape index (κ2) is 25.4. The van der Waals surface area contributed by atoms with Gasteiger partial charge in [-0.2, -0.15) is 5.11 Å². The van der Waals surface area contributed by atoms with Gasteiger partial charge in [-0.15, -0.1) is 0 Å². The van der Waals surface area contributed by atoms with E-state index in [1.165, 1.54) is 18.2 Å². The van der Waals surface area contributed by atoms with Crippen LogP contribution in [0.3, 0.4) is 0 Å². The monoisotopic (exact) mass is 795 g/mol. The number of nitrogens with zero attached hydrogens (tertiary/aromatic N) is 2. The van der Waals surface area contributed by atoms with Crippen LogP contribution in [0.2, 0.25) is 0 Å². The van der Waals surface area contributed by atoms with E-state index in [4.69, 9.17) is 14.5 Å². The van der Waals surface area contributed by atoms with Crippen molar-refractivity contribution >= 4 is 46.5 Å². The summed E-state index contributed by atoms with van der Waals surface area (Å²) in [7, 11) is 0. The largest absolute Gasteiger partial charge is 0.380 e. The van der Waals surface area contributed by atoms with Gasteiger partial charge in [0.1, 0.15) is 11.6 Å². The minimum Gasteiger partial charge on any atom is -0.380 e. The Bertz CT molecular complexity index is 1460. The third kappa shape index (κ3) is 21.2. The number of urea groups is 1. The first-order valence-corrected chi connectivity index (χ1v) is 18.8. The Morgan fingerprint density at radius 3 is 2.11 bits per heavy atom. The lowest BCUT2D eigenvalue weighted by Crippen LogP contribution is -2.55. The normalized spacial score (nSPS) is 16.3. The zero-order chi connectivity index (χ0) is 41.6. The minimum absolute atomic E-state index is 0.0111. The maximum Gasteiger partial charge on any atom is 0.319 e. The molecule has 0 spiro atoms. The van der Waals surface area contributed by atoms with Gasteiger partial charge in [0.25, 0.3) is 0 Å². The van der Waals surface area contributed by atoms with Crippen LogP contribution in [0.4, 0.5) is 4.79 Å². The van der Waals surface area contributed by atoms with Crippen LogP contribution in [0.15, 0.2) is 53.3 Å². The zero-order valence-corrected chi connectivity index (χ0v) is 33.1. The molecule has 19 nitrogen and oxygen atoms in total. The molecule has 2 unspecified atom stereocenters. The van der Waals surface area contributed by atoms with Gasteiger partial charge in [-0.25, -0.2) is 14.5 Å². The summed E-state index contributed by atoms with van der Waals surface area (Å²) in [6.45, 7) is 16.2. The molecule has 0 aromatic carbocycles. The van der Waals surface area contributed by atoms with Crippen molar-refractivity contribution in [2.75, 3.05) is 59.1 Å². The van der Waals surface area contributed by atoms with Crippen LogP contribution in [-0.2, 0) is 44.0 Å². The van der Waals surface area contributed by atoms with Crippen LogP contribution in [0.25, 0.3) is 0 Å². The average molecular weight is 796 g/mol. The number of carbonyl (C=O) groups is 6. The van der Waals surface area contributed by atoms with Crippen molar-refractivity contribution in [1.82, 2.24) is 36.8 Å². The molecular weight excluding hydrogens is 739 g/mol. The molecular formula is C35H57N9O10S. The van der Waals surface area contributed by atoms with Crippen molar-refractivity contribution in [2.45, 2.75) is 65.1 Å². The second-order valence-corrected chi connectivity index (χ2v) is 14.7. The molecule has 55 heavy (non-hydrogen) atoms. The predicted octanol–water partition coefficient (Wildman–Crippen LogP) is 0.0407. The Labute approximate surface area is 324 Å². The molecule has 1 heterocycles. The third-order valence-electron chi connectivity index (χ3n) is 7.60. The summed E-state index contributed by atoms with van der Waals surface area (Å²) in [5.74, 6) is -3.23. The van der Waals surface area contributed by atoms with E-state index >= 15 is 0 Å². The second-order valence-electron chi connectivity index (χ2n) is 13.7. The number of allylic oxidation sites excluding steroid dienone is 3. The van der Waals surface area contributed by atoms with E-state index in [0.29, 0.717) is 26.3 Å². The number of hydrogen-bond donors (Lipinski definition) is 8. The number of hydrogen-bond acceptors (Lipinski definition) is 13. The van der Waals surface area contributed by atoms with Crippen LogP contribution in [0.5, 0.6) is 0 Å². The number of carbonyl (C=O) groups excluding carboxylic acids is 6. The first-order valence-electron chi connectivity index (χ1n) is 17.7. The Balaban J connectivity index is 2.74. The molecule has 1 aliphatic heterocycles. The van der Waals surface area contributed by atoms with Crippen LogP contribution in [-0.4, -0.2) is 126 Å². The number of ether oxygens (including phenoxy) is 1. The summed E-state index contributed by atoms with van der Waals surface area (Å²) in [6, 6.07) is -2.82. The van der Waals surface area contributed by atoms with E-state index in [0.717, 1.165) is 12.3 Å². The van der Waals surface area contributed by atoms with Gasteiger partial charge in [0.2, 0.25) is 23.6 Å². The maximum absolute atomic E-state index is 13.4. The van der Waals surface area contributed by atoms with Crippen LogP contribution in [0, 0.1) is 17.4 Å². The van der Waals surface area contributed by atoms with E-state index in [2.05, 4.69) is 50.2 Å². The first-order chi connectivity index (χ1) is 25.9. The Morgan fingerprint density at radius 2 is 1.53 bits per heavy atom. The van der Waals surface area contributed by atoms with Gasteiger partial charge in [0.05, 0.1) is 57.7 Å². The number of morpholine rings is 1. The van der Waals surface area contributed by atoms with Gasteiger partial charge in [-0.05, 0) is 49.8 Å². The SMILES string of the molecule is C=C/C(=C\C=C\S(=O)OCC(C)(O)C(=O)[C@H](CC(C)C)NC(=O)CNC(=O)[C@H](CC(C)C)NC(=O)CNC(=O)CN1CCOCC1)NC(=O)NCC(=C)N=N. The van der Waals surface area contributed by atoms with Crippen LogP contribution >= 0.6 is 0 Å². The third-order valence-corrected chi connectivity index (χ3v) is 8.33. The van der Waals surface area contributed by atoms with Crippen molar-refractivity contribution in [2.24, 2.45) is 17.0 Å². The van der Waals surface area contributed by atoms with Gasteiger partial charge < -0.3 is 41.7 Å². The molecule has 1 aliphatic rings. The molecule has 0 aromatic rings. The van der Waals surface area contributed by atoms with Crippen molar-refractivity contribution in [1.29, 1.82) is 5.53 Å². The summed E-state index contributed by atoms with van der Waals surface area (Å²) >= 11 is -2.12. The highest BCUT2D eigenvalue weighted by atomic mass is 32.2. The molecule has 20 heteroatoms. The fraction of sp³-hybridized carbons (Fsp3) is 0.600. The number of nitrogens with one attached hydrogen (secondary N) is 7. The van der Waals surface area contributed by atoms with Crippen LogP contribution < -0.4 is 31.9 Å².